The maximum Gasteiger partial charge on any atom is 0.252 e. The molecule has 1 rings (SSSR count). The van der Waals surface area contributed by atoms with Gasteiger partial charge in [-0.1, -0.05) is 26.0 Å². The Balaban J connectivity index is 2.56. The maximum atomic E-state index is 12.0. The average Bonchev–Trinajstić information content (AvgIpc) is 2.51. The van der Waals surface area contributed by atoms with E-state index in [4.69, 9.17) is 0 Å². The van der Waals surface area contributed by atoms with Gasteiger partial charge in [-0.15, -0.1) is 0 Å². The Bertz CT molecular complexity index is 575. The number of halogens is 1. The van der Waals surface area contributed by atoms with E-state index in [0.717, 1.165) is 3.57 Å². The molecule has 3 amide bonds. The highest BCUT2D eigenvalue weighted by atomic mass is 127. The third kappa shape index (κ3) is 6.55. The van der Waals surface area contributed by atoms with Gasteiger partial charge in [0.25, 0.3) is 5.91 Å². The Morgan fingerprint density at radius 3 is 2.39 bits per heavy atom. The molecule has 1 atom stereocenters. The van der Waals surface area contributed by atoms with Crippen molar-refractivity contribution >= 4 is 40.3 Å². The molecule has 7 heteroatoms. The summed E-state index contributed by atoms with van der Waals surface area (Å²) in [6.07, 6.45) is 0.538. The Kier molecular flexibility index (Phi) is 8.01. The van der Waals surface area contributed by atoms with Crippen LogP contribution >= 0.6 is 22.6 Å². The van der Waals surface area contributed by atoms with Crippen LogP contribution in [0, 0.1) is 9.49 Å². The number of hydrogen-bond acceptors (Lipinski definition) is 3. The molecule has 0 aliphatic rings. The van der Waals surface area contributed by atoms with Crippen molar-refractivity contribution < 1.29 is 14.4 Å². The quantitative estimate of drug-likeness (QED) is 0.569. The minimum atomic E-state index is -0.596. The van der Waals surface area contributed by atoms with Gasteiger partial charge in [-0.2, -0.15) is 0 Å². The summed E-state index contributed by atoms with van der Waals surface area (Å²) in [5.41, 5.74) is 0.519. The first-order valence-corrected chi connectivity index (χ1v) is 8.46. The third-order valence-electron chi connectivity index (χ3n) is 3.13. The number of rotatable bonds is 7. The predicted molar refractivity (Wildman–Crippen MR) is 96.9 cm³/mol. The topological polar surface area (TPSA) is 87.3 Å². The zero-order valence-corrected chi connectivity index (χ0v) is 15.6. The van der Waals surface area contributed by atoms with Gasteiger partial charge in [-0.3, -0.25) is 14.4 Å². The van der Waals surface area contributed by atoms with E-state index in [-0.39, 0.29) is 24.3 Å². The molecule has 1 aromatic carbocycles. The molecule has 0 bridgehead atoms. The van der Waals surface area contributed by atoms with Crippen LogP contribution in [0.1, 0.15) is 30.6 Å². The van der Waals surface area contributed by atoms with Crippen molar-refractivity contribution in [3.63, 3.8) is 0 Å². The Morgan fingerprint density at radius 1 is 1.17 bits per heavy atom. The highest BCUT2D eigenvalue weighted by molar-refractivity contribution is 14.1. The first kappa shape index (κ1) is 19.4. The second-order valence-electron chi connectivity index (χ2n) is 5.53. The van der Waals surface area contributed by atoms with Crippen LogP contribution in [0.2, 0.25) is 0 Å². The van der Waals surface area contributed by atoms with E-state index < -0.39 is 11.9 Å². The number of likely N-dealkylation sites (N-methyl/N-ethyl adjacent to an activating group) is 1. The van der Waals surface area contributed by atoms with Crippen LogP contribution in [0.15, 0.2) is 24.3 Å². The molecule has 0 saturated carbocycles. The van der Waals surface area contributed by atoms with Crippen molar-refractivity contribution in [1.82, 2.24) is 16.0 Å². The smallest absolute Gasteiger partial charge is 0.252 e. The van der Waals surface area contributed by atoms with Crippen LogP contribution in [0.3, 0.4) is 0 Å². The lowest BCUT2D eigenvalue weighted by atomic mass is 10.0. The summed E-state index contributed by atoms with van der Waals surface area (Å²) in [4.78, 5) is 35.8. The van der Waals surface area contributed by atoms with E-state index in [2.05, 4.69) is 38.5 Å². The molecule has 126 valence electrons. The van der Waals surface area contributed by atoms with E-state index in [9.17, 15) is 14.4 Å². The van der Waals surface area contributed by atoms with Gasteiger partial charge in [0.15, 0.2) is 0 Å². The zero-order chi connectivity index (χ0) is 17.4. The van der Waals surface area contributed by atoms with Gasteiger partial charge in [-0.05, 0) is 47.1 Å². The summed E-state index contributed by atoms with van der Waals surface area (Å²) in [5, 5.41) is 7.75. The van der Waals surface area contributed by atoms with E-state index >= 15 is 0 Å². The SMILES string of the molecule is CNC(=O)C(CC(C)C)NC(=O)CNC(=O)c1ccccc1I. The van der Waals surface area contributed by atoms with E-state index in [1.54, 1.807) is 12.1 Å². The van der Waals surface area contributed by atoms with Gasteiger partial charge in [0, 0.05) is 10.6 Å². The zero-order valence-electron chi connectivity index (χ0n) is 13.5. The summed E-state index contributed by atoms with van der Waals surface area (Å²) < 4.78 is 0.811. The lowest BCUT2D eigenvalue weighted by Gasteiger charge is -2.19. The molecular weight excluding hydrogens is 409 g/mol. The minimum Gasteiger partial charge on any atom is -0.357 e. The van der Waals surface area contributed by atoms with Crippen molar-refractivity contribution in [3.05, 3.63) is 33.4 Å². The molecule has 0 saturated heterocycles. The molecule has 0 fully saturated rings. The molecule has 23 heavy (non-hydrogen) atoms. The van der Waals surface area contributed by atoms with Crippen LogP contribution in [-0.4, -0.2) is 37.4 Å². The van der Waals surface area contributed by atoms with Gasteiger partial charge < -0.3 is 16.0 Å². The molecule has 0 aliphatic heterocycles. The average molecular weight is 431 g/mol. The first-order chi connectivity index (χ1) is 10.8. The van der Waals surface area contributed by atoms with Crippen molar-refractivity contribution in [2.75, 3.05) is 13.6 Å². The molecule has 0 radical (unpaired) electrons. The maximum absolute atomic E-state index is 12.0. The summed E-state index contributed by atoms with van der Waals surface area (Å²) in [7, 11) is 1.53. The minimum absolute atomic E-state index is 0.171. The summed E-state index contributed by atoms with van der Waals surface area (Å²) in [6.45, 7) is 3.78. The first-order valence-electron chi connectivity index (χ1n) is 7.38. The van der Waals surface area contributed by atoms with Gasteiger partial charge >= 0.3 is 0 Å². The molecule has 6 nitrogen and oxygen atoms in total. The fraction of sp³-hybridized carbons (Fsp3) is 0.438. The van der Waals surface area contributed by atoms with E-state index in [1.807, 2.05) is 26.0 Å². The standard InChI is InChI=1S/C16H22IN3O3/c1-10(2)8-13(16(23)18-3)20-14(21)9-19-15(22)11-6-4-5-7-12(11)17/h4-7,10,13H,8-9H2,1-3H3,(H,18,23)(H,19,22)(H,20,21). The number of amides is 3. The molecule has 1 unspecified atom stereocenters. The van der Waals surface area contributed by atoms with Crippen LogP contribution in [0.4, 0.5) is 0 Å². The summed E-state index contributed by atoms with van der Waals surface area (Å²) in [6, 6.07) is 6.52. The largest absolute Gasteiger partial charge is 0.357 e. The fourth-order valence-electron chi connectivity index (χ4n) is 2.02. The predicted octanol–water partition coefficient (Wildman–Crippen LogP) is 1.30. The molecule has 1 aromatic rings. The number of carbonyl (C=O) groups excluding carboxylic acids is 3. The highest BCUT2D eigenvalue weighted by Gasteiger charge is 2.21. The van der Waals surface area contributed by atoms with Crippen molar-refractivity contribution in [2.45, 2.75) is 26.3 Å². The molecule has 0 spiro atoms. The van der Waals surface area contributed by atoms with Gasteiger partial charge in [0.2, 0.25) is 11.8 Å². The second-order valence-corrected chi connectivity index (χ2v) is 6.69. The van der Waals surface area contributed by atoms with Gasteiger partial charge in [0.05, 0.1) is 12.1 Å². The molecular formula is C16H22IN3O3. The number of benzene rings is 1. The van der Waals surface area contributed by atoms with Crippen molar-refractivity contribution in [3.8, 4) is 0 Å². The Morgan fingerprint density at radius 2 is 1.83 bits per heavy atom. The molecule has 0 heterocycles. The molecule has 3 N–H and O–H groups in total. The van der Waals surface area contributed by atoms with Crippen molar-refractivity contribution in [2.24, 2.45) is 5.92 Å². The number of hydrogen-bond donors (Lipinski definition) is 3. The van der Waals surface area contributed by atoms with E-state index in [1.165, 1.54) is 7.05 Å². The van der Waals surface area contributed by atoms with Crippen LogP contribution < -0.4 is 16.0 Å². The number of carbonyl (C=O) groups is 3. The summed E-state index contributed by atoms with van der Waals surface area (Å²) >= 11 is 2.07. The lowest BCUT2D eigenvalue weighted by molar-refractivity contribution is -0.128. The summed E-state index contributed by atoms with van der Waals surface area (Å²) in [5.74, 6) is -0.682. The van der Waals surface area contributed by atoms with Gasteiger partial charge in [0.1, 0.15) is 6.04 Å². The molecule has 0 aliphatic carbocycles. The highest BCUT2D eigenvalue weighted by Crippen LogP contribution is 2.10. The third-order valence-corrected chi connectivity index (χ3v) is 4.07. The normalized spacial score (nSPS) is 11.7. The Labute approximate surface area is 149 Å². The van der Waals surface area contributed by atoms with Gasteiger partial charge in [-0.25, -0.2) is 0 Å². The van der Waals surface area contributed by atoms with Crippen LogP contribution in [0.5, 0.6) is 0 Å². The van der Waals surface area contributed by atoms with Crippen LogP contribution in [0.25, 0.3) is 0 Å². The van der Waals surface area contributed by atoms with E-state index in [0.29, 0.717) is 12.0 Å². The van der Waals surface area contributed by atoms with Crippen molar-refractivity contribution in [1.29, 1.82) is 0 Å². The second kappa shape index (κ2) is 9.49. The van der Waals surface area contributed by atoms with Crippen LogP contribution in [-0.2, 0) is 9.59 Å². The monoisotopic (exact) mass is 431 g/mol. The molecule has 0 aromatic heterocycles. The lowest BCUT2D eigenvalue weighted by Crippen LogP contribution is -2.49. The Hall–Kier alpha value is -1.64. The number of nitrogens with one attached hydrogen (secondary N) is 3. The fourth-order valence-corrected chi connectivity index (χ4v) is 2.66.